The summed E-state index contributed by atoms with van der Waals surface area (Å²) in [5, 5.41) is 5.76. The number of furan rings is 1. The molecule has 1 amide bonds. The Morgan fingerprint density at radius 1 is 1.26 bits per heavy atom. The van der Waals surface area contributed by atoms with Crippen molar-refractivity contribution in [2.24, 2.45) is 0 Å². The Balaban J connectivity index is 2.22. The number of hydrogen-bond donors (Lipinski definition) is 2. The third-order valence-electron chi connectivity index (χ3n) is 2.63. The maximum Gasteiger partial charge on any atom is 0.407 e. The molecule has 1 aromatic rings. The van der Waals surface area contributed by atoms with Gasteiger partial charge in [-0.15, -0.1) is 0 Å². The number of hydrogen-bond acceptors (Lipinski definition) is 6. The predicted octanol–water partition coefficient (Wildman–Crippen LogP) is 2.24. The number of ether oxygens (including phenoxy) is 2. The van der Waals surface area contributed by atoms with E-state index in [0.29, 0.717) is 19.6 Å². The molecular weight excluding hydrogens is 300 g/mol. The quantitative estimate of drug-likeness (QED) is 0.454. The van der Waals surface area contributed by atoms with Gasteiger partial charge in [-0.05, 0) is 26.8 Å². The van der Waals surface area contributed by atoms with Crippen LogP contribution in [0.5, 0.6) is 0 Å². The van der Waals surface area contributed by atoms with Crippen LogP contribution in [0.3, 0.4) is 0 Å². The number of methoxy groups -OCH3 is 1. The molecule has 0 saturated carbocycles. The van der Waals surface area contributed by atoms with E-state index in [9.17, 15) is 9.59 Å². The monoisotopic (exact) mass is 324 g/mol. The fourth-order valence-electron chi connectivity index (χ4n) is 1.66. The second-order valence-electron chi connectivity index (χ2n) is 5.75. The molecule has 0 aliphatic heterocycles. The van der Waals surface area contributed by atoms with Crippen molar-refractivity contribution >= 4 is 12.1 Å². The number of alkyl carbamates (subject to hydrolysis) is 1. The zero-order valence-electron chi connectivity index (χ0n) is 14.0. The van der Waals surface area contributed by atoms with Crippen LogP contribution in [-0.4, -0.2) is 37.9 Å². The zero-order chi connectivity index (χ0) is 17.3. The average Bonchev–Trinajstić information content (AvgIpc) is 2.92. The van der Waals surface area contributed by atoms with Crippen molar-refractivity contribution in [1.29, 1.82) is 0 Å². The Morgan fingerprint density at radius 2 is 1.96 bits per heavy atom. The highest BCUT2D eigenvalue weighted by Crippen LogP contribution is 2.11. The van der Waals surface area contributed by atoms with Crippen molar-refractivity contribution in [3.8, 4) is 0 Å². The van der Waals surface area contributed by atoms with Crippen LogP contribution in [0.2, 0.25) is 0 Å². The maximum absolute atomic E-state index is 11.4. The minimum absolute atomic E-state index is 0.204. The van der Waals surface area contributed by atoms with Crippen LogP contribution in [-0.2, 0) is 16.0 Å². The molecule has 0 aromatic carbocycles. The maximum atomic E-state index is 11.4. The molecule has 0 atom stereocenters. The van der Waals surface area contributed by atoms with E-state index in [0.717, 1.165) is 5.56 Å². The van der Waals surface area contributed by atoms with Gasteiger partial charge in [0, 0.05) is 25.2 Å². The van der Waals surface area contributed by atoms with Gasteiger partial charge in [0.25, 0.3) is 0 Å². The SMILES string of the molecule is COC(=O)c1occc1CNC/C=C/CNC(=O)OC(C)(C)C. The lowest BCUT2D eigenvalue weighted by Gasteiger charge is -2.19. The predicted molar refractivity (Wildman–Crippen MR) is 85.1 cm³/mol. The molecule has 0 radical (unpaired) electrons. The van der Waals surface area contributed by atoms with Crippen LogP contribution in [0.25, 0.3) is 0 Å². The van der Waals surface area contributed by atoms with Gasteiger partial charge in [0.2, 0.25) is 5.76 Å². The highest BCUT2D eigenvalue weighted by molar-refractivity contribution is 5.87. The van der Waals surface area contributed by atoms with Crippen LogP contribution in [0.15, 0.2) is 28.9 Å². The van der Waals surface area contributed by atoms with E-state index in [1.165, 1.54) is 13.4 Å². The molecule has 23 heavy (non-hydrogen) atoms. The van der Waals surface area contributed by atoms with Gasteiger partial charge < -0.3 is 24.5 Å². The first-order valence-electron chi connectivity index (χ1n) is 7.30. The third-order valence-corrected chi connectivity index (χ3v) is 2.63. The Labute approximate surface area is 136 Å². The van der Waals surface area contributed by atoms with E-state index in [2.05, 4.69) is 15.4 Å². The molecular formula is C16H24N2O5. The number of carbonyl (C=O) groups is 2. The summed E-state index contributed by atoms with van der Waals surface area (Å²) >= 11 is 0. The van der Waals surface area contributed by atoms with E-state index in [1.807, 2.05) is 32.9 Å². The van der Waals surface area contributed by atoms with E-state index in [1.54, 1.807) is 6.07 Å². The molecule has 7 heteroatoms. The number of carbonyl (C=O) groups excluding carboxylic acids is 2. The van der Waals surface area contributed by atoms with Gasteiger partial charge >= 0.3 is 12.1 Å². The lowest BCUT2D eigenvalue weighted by Crippen LogP contribution is -2.32. The van der Waals surface area contributed by atoms with E-state index >= 15 is 0 Å². The summed E-state index contributed by atoms with van der Waals surface area (Å²) in [5.74, 6) is -0.292. The summed E-state index contributed by atoms with van der Waals surface area (Å²) in [5.41, 5.74) is 0.231. The largest absolute Gasteiger partial charge is 0.463 e. The third kappa shape index (κ3) is 7.51. The Morgan fingerprint density at radius 3 is 2.61 bits per heavy atom. The van der Waals surface area contributed by atoms with Gasteiger partial charge in [-0.25, -0.2) is 9.59 Å². The van der Waals surface area contributed by atoms with Crippen LogP contribution >= 0.6 is 0 Å². The van der Waals surface area contributed by atoms with Crippen molar-refractivity contribution in [3.63, 3.8) is 0 Å². The van der Waals surface area contributed by atoms with Crippen LogP contribution in [0.1, 0.15) is 36.9 Å². The summed E-state index contributed by atoms with van der Waals surface area (Å²) < 4.78 is 14.8. The fourth-order valence-corrected chi connectivity index (χ4v) is 1.66. The molecule has 0 bridgehead atoms. The fraction of sp³-hybridized carbons (Fsp3) is 0.500. The minimum atomic E-state index is -0.503. The summed E-state index contributed by atoms with van der Waals surface area (Å²) in [6.45, 7) is 6.88. The highest BCUT2D eigenvalue weighted by atomic mass is 16.6. The summed E-state index contributed by atoms with van der Waals surface area (Å²) in [7, 11) is 1.31. The van der Waals surface area contributed by atoms with Gasteiger partial charge in [0.1, 0.15) is 5.60 Å². The van der Waals surface area contributed by atoms with E-state index < -0.39 is 17.7 Å². The topological polar surface area (TPSA) is 89.8 Å². The molecule has 0 unspecified atom stereocenters. The number of amides is 1. The Hall–Kier alpha value is -2.28. The van der Waals surface area contributed by atoms with Crippen LogP contribution in [0.4, 0.5) is 4.79 Å². The molecule has 1 heterocycles. The molecule has 0 aliphatic rings. The first-order chi connectivity index (χ1) is 10.8. The lowest BCUT2D eigenvalue weighted by molar-refractivity contribution is 0.0531. The van der Waals surface area contributed by atoms with Gasteiger partial charge in [-0.1, -0.05) is 12.2 Å². The molecule has 0 saturated heterocycles. The average molecular weight is 324 g/mol. The molecule has 1 aromatic heterocycles. The van der Waals surface area contributed by atoms with Crippen molar-refractivity contribution < 1.29 is 23.5 Å². The van der Waals surface area contributed by atoms with Gasteiger partial charge in [0.05, 0.1) is 13.4 Å². The molecule has 2 N–H and O–H groups in total. The van der Waals surface area contributed by atoms with Crippen molar-refractivity contribution in [3.05, 3.63) is 35.8 Å². The molecule has 1 rings (SSSR count). The zero-order valence-corrected chi connectivity index (χ0v) is 14.0. The Bertz CT molecular complexity index is 543. The smallest absolute Gasteiger partial charge is 0.407 e. The first-order valence-corrected chi connectivity index (χ1v) is 7.30. The Kier molecular flexibility index (Phi) is 7.34. The van der Waals surface area contributed by atoms with Crippen LogP contribution < -0.4 is 10.6 Å². The lowest BCUT2D eigenvalue weighted by atomic mass is 10.2. The highest BCUT2D eigenvalue weighted by Gasteiger charge is 2.15. The van der Waals surface area contributed by atoms with E-state index in [-0.39, 0.29) is 5.76 Å². The molecule has 0 aliphatic carbocycles. The summed E-state index contributed by atoms with van der Waals surface area (Å²) in [4.78, 5) is 22.8. The molecule has 0 spiro atoms. The minimum Gasteiger partial charge on any atom is -0.463 e. The standard InChI is InChI=1S/C16H24N2O5/c1-16(2,3)23-15(20)18-9-6-5-8-17-11-12-7-10-22-13(12)14(19)21-4/h5-7,10,17H,8-9,11H2,1-4H3,(H,18,20)/b6-5+. The van der Waals surface area contributed by atoms with Gasteiger partial charge in [-0.3, -0.25) is 0 Å². The number of rotatable bonds is 7. The van der Waals surface area contributed by atoms with E-state index in [4.69, 9.17) is 9.15 Å². The molecule has 0 fully saturated rings. The second kappa shape index (κ2) is 8.99. The first kappa shape index (κ1) is 18.8. The van der Waals surface area contributed by atoms with Gasteiger partial charge in [-0.2, -0.15) is 0 Å². The normalized spacial score (nSPS) is 11.5. The summed E-state index contributed by atoms with van der Waals surface area (Å²) in [6, 6.07) is 1.72. The van der Waals surface area contributed by atoms with Crippen molar-refractivity contribution in [2.45, 2.75) is 32.9 Å². The van der Waals surface area contributed by atoms with Crippen LogP contribution in [0, 0.1) is 0 Å². The van der Waals surface area contributed by atoms with Crippen molar-refractivity contribution in [1.82, 2.24) is 10.6 Å². The number of esters is 1. The van der Waals surface area contributed by atoms with Crippen molar-refractivity contribution in [2.75, 3.05) is 20.2 Å². The summed E-state index contributed by atoms with van der Waals surface area (Å²) in [6.07, 6.45) is 4.68. The molecule has 7 nitrogen and oxygen atoms in total. The molecule has 128 valence electrons. The number of nitrogens with one attached hydrogen (secondary N) is 2. The van der Waals surface area contributed by atoms with Gasteiger partial charge in [0.15, 0.2) is 0 Å². The second-order valence-corrected chi connectivity index (χ2v) is 5.75.